The number of carbonyl (C=O) groups excluding carboxylic acids is 1. The van der Waals surface area contributed by atoms with Crippen molar-refractivity contribution in [2.24, 2.45) is 4.99 Å². The molecule has 0 fully saturated rings. The highest BCUT2D eigenvalue weighted by atomic mass is 32.1. The van der Waals surface area contributed by atoms with Gasteiger partial charge in [-0.05, 0) is 54.0 Å². The summed E-state index contributed by atoms with van der Waals surface area (Å²) in [6.07, 6.45) is 2.99. The third-order valence-corrected chi connectivity index (χ3v) is 7.80. The van der Waals surface area contributed by atoms with E-state index in [1.165, 1.54) is 24.5 Å². The van der Waals surface area contributed by atoms with Crippen molar-refractivity contribution in [1.29, 1.82) is 0 Å². The first-order valence-electron chi connectivity index (χ1n) is 13.1. The molecule has 0 bridgehead atoms. The van der Waals surface area contributed by atoms with E-state index in [0.29, 0.717) is 49.7 Å². The molecule has 2 heterocycles. The standard InChI is InChI=1S/C31H30N2O6S/c1-5-9-21-27(30(36)39-6-2)28(26-20-11-8-7-10-19(20)13-15-24(26)38-4)33-29(35)25(40-31(33)32-21)17-18-12-14-23(37-3)22(34)16-18/h7-8,10-17,28,34H,5-6,9H2,1-4H3/t28-/m0/s1. The summed E-state index contributed by atoms with van der Waals surface area (Å²) in [5.41, 5.74) is 1.94. The van der Waals surface area contributed by atoms with E-state index in [4.69, 9.17) is 19.2 Å². The van der Waals surface area contributed by atoms with Gasteiger partial charge in [-0.3, -0.25) is 9.36 Å². The minimum absolute atomic E-state index is 0.0303. The average molecular weight is 559 g/mol. The second kappa shape index (κ2) is 11.4. The van der Waals surface area contributed by atoms with Crippen molar-refractivity contribution in [3.63, 3.8) is 0 Å². The maximum absolute atomic E-state index is 14.1. The Kier molecular flexibility index (Phi) is 7.75. The predicted molar refractivity (Wildman–Crippen MR) is 155 cm³/mol. The summed E-state index contributed by atoms with van der Waals surface area (Å²) in [4.78, 5) is 33.0. The Morgan fingerprint density at radius 1 is 1.07 bits per heavy atom. The second-order valence-electron chi connectivity index (χ2n) is 9.25. The number of nitrogens with zero attached hydrogens (tertiary/aromatic N) is 2. The van der Waals surface area contributed by atoms with E-state index < -0.39 is 12.0 Å². The van der Waals surface area contributed by atoms with Gasteiger partial charge in [-0.15, -0.1) is 0 Å². The van der Waals surface area contributed by atoms with Crippen LogP contribution in [0.5, 0.6) is 17.2 Å². The summed E-state index contributed by atoms with van der Waals surface area (Å²) in [6, 6.07) is 15.7. The molecule has 0 amide bonds. The molecule has 0 spiro atoms. The zero-order valence-electron chi connectivity index (χ0n) is 22.8. The molecular weight excluding hydrogens is 528 g/mol. The van der Waals surface area contributed by atoms with Crippen LogP contribution in [0.1, 0.15) is 43.9 Å². The Morgan fingerprint density at radius 3 is 2.52 bits per heavy atom. The number of aromatic hydroxyl groups is 1. The number of aromatic nitrogens is 1. The van der Waals surface area contributed by atoms with Crippen LogP contribution in [-0.2, 0) is 9.53 Å². The van der Waals surface area contributed by atoms with Crippen LogP contribution < -0.4 is 24.4 Å². The Hall–Kier alpha value is -4.37. The van der Waals surface area contributed by atoms with Crippen LogP contribution in [-0.4, -0.2) is 36.5 Å². The van der Waals surface area contributed by atoms with E-state index in [1.54, 1.807) is 36.8 Å². The molecule has 0 radical (unpaired) electrons. The molecule has 3 aromatic carbocycles. The lowest BCUT2D eigenvalue weighted by Gasteiger charge is -2.28. The van der Waals surface area contributed by atoms with Gasteiger partial charge in [-0.2, -0.15) is 0 Å². The molecule has 0 saturated carbocycles. The van der Waals surface area contributed by atoms with E-state index in [-0.39, 0.29) is 17.9 Å². The van der Waals surface area contributed by atoms with E-state index >= 15 is 0 Å². The summed E-state index contributed by atoms with van der Waals surface area (Å²) < 4.78 is 18.5. The molecule has 0 saturated heterocycles. The van der Waals surface area contributed by atoms with Gasteiger partial charge in [0.05, 0.1) is 36.6 Å². The molecular formula is C31H30N2O6S. The molecule has 4 aromatic rings. The number of esters is 1. The van der Waals surface area contributed by atoms with Crippen molar-refractivity contribution >= 4 is 34.2 Å². The molecule has 9 heteroatoms. The van der Waals surface area contributed by atoms with Crippen molar-refractivity contribution in [1.82, 2.24) is 4.57 Å². The van der Waals surface area contributed by atoms with Crippen molar-refractivity contribution in [2.45, 2.75) is 32.7 Å². The molecule has 1 aromatic heterocycles. The first kappa shape index (κ1) is 27.2. The minimum atomic E-state index is -0.815. The molecule has 1 aliphatic rings. The van der Waals surface area contributed by atoms with Crippen molar-refractivity contribution in [2.75, 3.05) is 20.8 Å². The van der Waals surface area contributed by atoms with Gasteiger partial charge in [0.15, 0.2) is 16.3 Å². The van der Waals surface area contributed by atoms with Gasteiger partial charge in [0, 0.05) is 5.56 Å². The largest absolute Gasteiger partial charge is 0.504 e. The Bertz CT molecular complexity index is 1820. The predicted octanol–water partition coefficient (Wildman–Crippen LogP) is 4.45. The number of fused-ring (bicyclic) bond motifs is 2. The lowest BCUT2D eigenvalue weighted by atomic mass is 9.90. The van der Waals surface area contributed by atoms with Crippen molar-refractivity contribution in [3.05, 3.63) is 96.7 Å². The summed E-state index contributed by atoms with van der Waals surface area (Å²) >= 11 is 1.23. The zero-order chi connectivity index (χ0) is 28.4. The summed E-state index contributed by atoms with van der Waals surface area (Å²) in [6.45, 7) is 3.96. The summed E-state index contributed by atoms with van der Waals surface area (Å²) in [5, 5.41) is 12.1. The molecule has 206 valence electrons. The number of phenolic OH excluding ortho intramolecular Hbond substituents is 1. The number of phenols is 1. The molecule has 1 N–H and O–H groups in total. The fraction of sp³-hybridized carbons (Fsp3) is 0.258. The summed E-state index contributed by atoms with van der Waals surface area (Å²) in [7, 11) is 3.05. The third kappa shape index (κ3) is 4.77. The van der Waals surface area contributed by atoms with E-state index in [9.17, 15) is 14.7 Å². The maximum atomic E-state index is 14.1. The molecule has 8 nitrogen and oxygen atoms in total. The average Bonchev–Trinajstić information content (AvgIpc) is 3.26. The number of hydrogen-bond donors (Lipinski definition) is 1. The topological polar surface area (TPSA) is 99.4 Å². The van der Waals surface area contributed by atoms with Gasteiger partial charge < -0.3 is 19.3 Å². The molecule has 5 rings (SSSR count). The first-order valence-corrected chi connectivity index (χ1v) is 13.9. The quantitative estimate of drug-likeness (QED) is 0.321. The third-order valence-electron chi connectivity index (χ3n) is 6.82. The number of hydrogen-bond acceptors (Lipinski definition) is 8. The van der Waals surface area contributed by atoms with Crippen molar-refractivity contribution in [3.8, 4) is 17.2 Å². The second-order valence-corrected chi connectivity index (χ2v) is 10.3. The van der Waals surface area contributed by atoms with E-state index in [0.717, 1.165) is 17.2 Å². The van der Waals surface area contributed by atoms with Crippen LogP contribution in [0, 0.1) is 0 Å². The van der Waals surface area contributed by atoms with Crippen LogP contribution >= 0.6 is 11.3 Å². The molecule has 40 heavy (non-hydrogen) atoms. The molecule has 1 aliphatic heterocycles. The van der Waals surface area contributed by atoms with Crippen LogP contribution in [0.4, 0.5) is 0 Å². The highest BCUT2D eigenvalue weighted by Crippen LogP contribution is 2.41. The van der Waals surface area contributed by atoms with Crippen LogP contribution in [0.2, 0.25) is 0 Å². The van der Waals surface area contributed by atoms with Crippen LogP contribution in [0.15, 0.2) is 75.7 Å². The number of carbonyl (C=O) groups is 1. The smallest absolute Gasteiger partial charge is 0.338 e. The highest BCUT2D eigenvalue weighted by Gasteiger charge is 2.37. The van der Waals surface area contributed by atoms with Gasteiger partial charge in [0.25, 0.3) is 5.56 Å². The fourth-order valence-electron chi connectivity index (χ4n) is 5.08. The lowest BCUT2D eigenvalue weighted by molar-refractivity contribution is -0.139. The van der Waals surface area contributed by atoms with E-state index in [2.05, 4.69) is 0 Å². The summed E-state index contributed by atoms with van der Waals surface area (Å²) in [5.74, 6) is 0.351. The SMILES string of the molecule is CCCC1=C(C(=O)OCC)[C@H](c2c(OC)ccc3ccccc23)n2c(sc(=Cc3ccc(OC)c(O)c3)c2=O)=N1. The first-order chi connectivity index (χ1) is 19.4. The van der Waals surface area contributed by atoms with Gasteiger partial charge in [-0.25, -0.2) is 9.79 Å². The number of rotatable bonds is 8. The Morgan fingerprint density at radius 2 is 1.82 bits per heavy atom. The normalized spacial score (nSPS) is 15.1. The lowest BCUT2D eigenvalue weighted by Crippen LogP contribution is -2.40. The van der Waals surface area contributed by atoms with E-state index in [1.807, 2.05) is 43.3 Å². The zero-order valence-corrected chi connectivity index (χ0v) is 23.6. The fourth-order valence-corrected chi connectivity index (χ4v) is 6.10. The number of thiazole rings is 1. The highest BCUT2D eigenvalue weighted by molar-refractivity contribution is 7.07. The van der Waals surface area contributed by atoms with Gasteiger partial charge >= 0.3 is 5.97 Å². The van der Waals surface area contributed by atoms with Gasteiger partial charge in [0.1, 0.15) is 11.8 Å². The number of benzene rings is 3. The molecule has 0 unspecified atom stereocenters. The molecule has 0 aliphatic carbocycles. The number of allylic oxidation sites excluding steroid dienone is 1. The van der Waals surface area contributed by atoms with Crippen molar-refractivity contribution < 1.29 is 24.1 Å². The van der Waals surface area contributed by atoms with Crippen LogP contribution in [0.25, 0.3) is 16.8 Å². The van der Waals surface area contributed by atoms with Gasteiger partial charge in [0.2, 0.25) is 0 Å². The van der Waals surface area contributed by atoms with Gasteiger partial charge in [-0.1, -0.05) is 61.1 Å². The van der Waals surface area contributed by atoms with Crippen LogP contribution in [0.3, 0.4) is 0 Å². The minimum Gasteiger partial charge on any atom is -0.504 e. The Balaban J connectivity index is 1.85. The Labute approximate surface area is 235 Å². The molecule has 1 atom stereocenters. The number of ether oxygens (including phenoxy) is 3. The monoisotopic (exact) mass is 558 g/mol. The number of methoxy groups -OCH3 is 2. The maximum Gasteiger partial charge on any atom is 0.338 e.